The van der Waals surface area contributed by atoms with Crippen LogP contribution in [0.2, 0.25) is 0 Å². The number of carbonyl (C=O) groups is 1. The topological polar surface area (TPSA) is 68.3 Å². The number of furan rings is 1. The fourth-order valence-electron chi connectivity index (χ4n) is 1.36. The van der Waals surface area contributed by atoms with E-state index < -0.39 is 0 Å². The van der Waals surface area contributed by atoms with Gasteiger partial charge in [-0.15, -0.1) is 11.8 Å². The lowest BCUT2D eigenvalue weighted by Gasteiger charge is -2.03. The number of carbonyl (C=O) groups excluding carboxylic acids is 1. The van der Waals surface area contributed by atoms with Gasteiger partial charge in [0.05, 0.1) is 18.6 Å². The average molecular weight is 262 g/mol. The molecule has 0 unspecified atom stereocenters. The first-order chi connectivity index (χ1) is 8.74. The average Bonchev–Trinajstić information content (AvgIpc) is 2.89. The summed E-state index contributed by atoms with van der Waals surface area (Å²) in [5, 5.41) is 2.79. The van der Waals surface area contributed by atoms with E-state index in [1.807, 2.05) is 30.3 Å². The summed E-state index contributed by atoms with van der Waals surface area (Å²) in [5.74, 6) is 1.11. The summed E-state index contributed by atoms with van der Waals surface area (Å²) < 4.78 is 5.12. The third kappa shape index (κ3) is 3.85. The summed E-state index contributed by atoms with van der Waals surface area (Å²) in [6, 6.07) is 11.1. The lowest BCUT2D eigenvalue weighted by Crippen LogP contribution is -2.24. The van der Waals surface area contributed by atoms with Crippen molar-refractivity contribution in [1.82, 2.24) is 5.32 Å². The highest BCUT2D eigenvalue weighted by atomic mass is 32.2. The van der Waals surface area contributed by atoms with E-state index in [1.54, 1.807) is 12.3 Å². The van der Waals surface area contributed by atoms with E-state index in [-0.39, 0.29) is 5.91 Å². The van der Waals surface area contributed by atoms with Crippen LogP contribution < -0.4 is 11.1 Å². The van der Waals surface area contributed by atoms with E-state index >= 15 is 0 Å². The molecule has 0 aliphatic carbocycles. The van der Waals surface area contributed by atoms with Gasteiger partial charge in [-0.3, -0.25) is 4.79 Å². The SMILES string of the molecule is Nc1ccc(SCC(=O)NCc2ccco2)cc1. The molecule has 2 aromatic rings. The van der Waals surface area contributed by atoms with Crippen LogP contribution in [0.3, 0.4) is 0 Å². The van der Waals surface area contributed by atoms with Crippen LogP contribution in [-0.4, -0.2) is 11.7 Å². The minimum absolute atomic E-state index is 0.0202. The Morgan fingerprint density at radius 1 is 1.28 bits per heavy atom. The summed E-state index contributed by atoms with van der Waals surface area (Å²) in [6.45, 7) is 0.425. The summed E-state index contributed by atoms with van der Waals surface area (Å²) in [4.78, 5) is 12.6. The van der Waals surface area contributed by atoms with Gasteiger partial charge in [0.15, 0.2) is 0 Å². The minimum Gasteiger partial charge on any atom is -0.467 e. The van der Waals surface area contributed by atoms with Gasteiger partial charge in [-0.25, -0.2) is 0 Å². The minimum atomic E-state index is -0.0202. The molecule has 0 spiro atoms. The van der Waals surface area contributed by atoms with Crippen molar-refractivity contribution >= 4 is 23.4 Å². The van der Waals surface area contributed by atoms with Crippen LogP contribution in [0.1, 0.15) is 5.76 Å². The Hall–Kier alpha value is -1.88. The number of rotatable bonds is 5. The molecule has 0 saturated carbocycles. The molecule has 2 rings (SSSR count). The van der Waals surface area contributed by atoms with E-state index in [0.717, 1.165) is 16.3 Å². The molecule has 1 aromatic carbocycles. The van der Waals surface area contributed by atoms with Crippen molar-refractivity contribution in [2.24, 2.45) is 0 Å². The Labute approximate surface area is 110 Å². The largest absolute Gasteiger partial charge is 0.467 e. The van der Waals surface area contributed by atoms with Crippen molar-refractivity contribution < 1.29 is 9.21 Å². The van der Waals surface area contributed by atoms with Crippen molar-refractivity contribution in [2.45, 2.75) is 11.4 Å². The highest BCUT2D eigenvalue weighted by Gasteiger charge is 2.03. The number of nitrogens with two attached hydrogens (primary N) is 1. The van der Waals surface area contributed by atoms with E-state index in [2.05, 4.69) is 5.32 Å². The molecular formula is C13H14N2O2S. The number of benzene rings is 1. The highest BCUT2D eigenvalue weighted by molar-refractivity contribution is 8.00. The molecular weight excluding hydrogens is 248 g/mol. The van der Waals surface area contributed by atoms with Crippen LogP contribution in [-0.2, 0) is 11.3 Å². The second kappa shape index (κ2) is 6.16. The van der Waals surface area contributed by atoms with Gasteiger partial charge < -0.3 is 15.5 Å². The van der Waals surface area contributed by atoms with Gasteiger partial charge in [0, 0.05) is 10.6 Å². The van der Waals surface area contributed by atoms with Crippen LogP contribution >= 0.6 is 11.8 Å². The highest BCUT2D eigenvalue weighted by Crippen LogP contribution is 2.18. The number of amides is 1. The maximum absolute atomic E-state index is 11.6. The van der Waals surface area contributed by atoms with Gasteiger partial charge in [-0.1, -0.05) is 0 Å². The molecule has 0 aliphatic heterocycles. The molecule has 18 heavy (non-hydrogen) atoms. The van der Waals surface area contributed by atoms with Gasteiger partial charge in [-0.2, -0.15) is 0 Å². The zero-order valence-electron chi connectivity index (χ0n) is 9.76. The molecule has 1 aromatic heterocycles. The number of hydrogen-bond acceptors (Lipinski definition) is 4. The van der Waals surface area contributed by atoms with Crippen molar-refractivity contribution in [2.75, 3.05) is 11.5 Å². The number of nitrogen functional groups attached to an aromatic ring is 1. The molecule has 3 N–H and O–H groups in total. The van der Waals surface area contributed by atoms with Gasteiger partial charge in [0.1, 0.15) is 5.76 Å². The Morgan fingerprint density at radius 2 is 2.06 bits per heavy atom. The molecule has 94 valence electrons. The third-order valence-electron chi connectivity index (χ3n) is 2.29. The van der Waals surface area contributed by atoms with E-state index in [1.165, 1.54) is 11.8 Å². The Bertz CT molecular complexity index is 494. The molecule has 1 heterocycles. The van der Waals surface area contributed by atoms with Crippen LogP contribution in [0.15, 0.2) is 52.0 Å². The predicted octanol–water partition coefficient (Wildman–Crippen LogP) is 2.27. The Kier molecular flexibility index (Phi) is 4.30. The lowest BCUT2D eigenvalue weighted by molar-refractivity contribution is -0.118. The fraction of sp³-hybridized carbons (Fsp3) is 0.154. The molecule has 5 heteroatoms. The van der Waals surface area contributed by atoms with Gasteiger partial charge in [-0.05, 0) is 36.4 Å². The number of anilines is 1. The quantitative estimate of drug-likeness (QED) is 0.640. The first-order valence-electron chi connectivity index (χ1n) is 5.51. The maximum Gasteiger partial charge on any atom is 0.230 e. The third-order valence-corrected chi connectivity index (χ3v) is 3.30. The molecule has 1 amide bonds. The monoisotopic (exact) mass is 262 g/mol. The zero-order valence-corrected chi connectivity index (χ0v) is 10.6. The summed E-state index contributed by atoms with van der Waals surface area (Å²) in [6.07, 6.45) is 1.59. The van der Waals surface area contributed by atoms with E-state index in [9.17, 15) is 4.79 Å². The predicted molar refractivity (Wildman–Crippen MR) is 72.1 cm³/mol. The van der Waals surface area contributed by atoms with Gasteiger partial charge in [0.25, 0.3) is 0 Å². The summed E-state index contributed by atoms with van der Waals surface area (Å²) in [7, 11) is 0. The second-order valence-corrected chi connectivity index (χ2v) is 4.76. The Morgan fingerprint density at radius 3 is 2.72 bits per heavy atom. The molecule has 0 saturated heterocycles. The molecule has 0 atom stereocenters. The second-order valence-electron chi connectivity index (χ2n) is 3.71. The molecule has 0 fully saturated rings. The molecule has 0 radical (unpaired) electrons. The van der Waals surface area contributed by atoms with Crippen molar-refractivity contribution in [3.05, 3.63) is 48.4 Å². The van der Waals surface area contributed by atoms with Crippen LogP contribution in [0.5, 0.6) is 0 Å². The van der Waals surface area contributed by atoms with Crippen molar-refractivity contribution in [3.8, 4) is 0 Å². The zero-order chi connectivity index (χ0) is 12.8. The van der Waals surface area contributed by atoms with Crippen LogP contribution in [0.25, 0.3) is 0 Å². The number of thioether (sulfide) groups is 1. The van der Waals surface area contributed by atoms with Crippen LogP contribution in [0.4, 0.5) is 5.69 Å². The van der Waals surface area contributed by atoms with E-state index in [4.69, 9.17) is 10.2 Å². The van der Waals surface area contributed by atoms with Crippen molar-refractivity contribution in [1.29, 1.82) is 0 Å². The molecule has 0 bridgehead atoms. The molecule has 0 aliphatic rings. The van der Waals surface area contributed by atoms with E-state index in [0.29, 0.717) is 12.3 Å². The Balaban J connectivity index is 1.73. The first-order valence-corrected chi connectivity index (χ1v) is 6.50. The number of hydrogen-bond donors (Lipinski definition) is 2. The summed E-state index contributed by atoms with van der Waals surface area (Å²) in [5.41, 5.74) is 6.31. The smallest absolute Gasteiger partial charge is 0.230 e. The maximum atomic E-state index is 11.6. The normalized spacial score (nSPS) is 10.2. The lowest BCUT2D eigenvalue weighted by atomic mass is 10.3. The first kappa shape index (κ1) is 12.6. The fourth-order valence-corrected chi connectivity index (χ4v) is 2.09. The van der Waals surface area contributed by atoms with Gasteiger partial charge >= 0.3 is 0 Å². The molecule has 4 nitrogen and oxygen atoms in total. The van der Waals surface area contributed by atoms with Crippen LogP contribution in [0, 0.1) is 0 Å². The standard InChI is InChI=1S/C13H14N2O2S/c14-10-3-5-12(6-4-10)18-9-13(16)15-8-11-2-1-7-17-11/h1-7H,8-9,14H2,(H,15,16). The van der Waals surface area contributed by atoms with Crippen molar-refractivity contribution in [3.63, 3.8) is 0 Å². The number of nitrogens with one attached hydrogen (secondary N) is 1. The van der Waals surface area contributed by atoms with Gasteiger partial charge in [0.2, 0.25) is 5.91 Å². The summed E-state index contributed by atoms with van der Waals surface area (Å²) >= 11 is 1.48.